The lowest BCUT2D eigenvalue weighted by Crippen LogP contribution is -2.38. The van der Waals surface area contributed by atoms with Gasteiger partial charge in [0.2, 0.25) is 5.91 Å². The second-order valence-electron chi connectivity index (χ2n) is 3.15. The number of carbonyl (C=O) groups excluding carboxylic acids is 1. The third-order valence-electron chi connectivity index (χ3n) is 2.25. The van der Waals surface area contributed by atoms with Gasteiger partial charge in [0.1, 0.15) is 0 Å². The summed E-state index contributed by atoms with van der Waals surface area (Å²) in [5.41, 5.74) is 5.09. The van der Waals surface area contributed by atoms with Gasteiger partial charge >= 0.3 is 0 Å². The third-order valence-corrected chi connectivity index (χ3v) is 2.25. The topological polar surface area (TPSA) is 64.3 Å². The van der Waals surface area contributed by atoms with Crippen molar-refractivity contribution >= 4 is 5.91 Å². The van der Waals surface area contributed by atoms with Crippen molar-refractivity contribution in [1.29, 1.82) is 0 Å². The Morgan fingerprint density at radius 2 is 2.58 bits per heavy atom. The number of nitrogens with one attached hydrogen (secondary N) is 1. The molecule has 12 heavy (non-hydrogen) atoms. The van der Waals surface area contributed by atoms with Crippen molar-refractivity contribution in [2.24, 2.45) is 5.73 Å². The molecule has 4 heteroatoms. The highest BCUT2D eigenvalue weighted by Crippen LogP contribution is 2.13. The van der Waals surface area contributed by atoms with E-state index in [1.807, 2.05) is 0 Å². The van der Waals surface area contributed by atoms with Gasteiger partial charge in [-0.3, -0.25) is 4.79 Å². The largest absolute Gasteiger partial charge is 0.379 e. The van der Waals surface area contributed by atoms with Crippen molar-refractivity contribution in [3.05, 3.63) is 0 Å². The van der Waals surface area contributed by atoms with Crippen LogP contribution in [0.3, 0.4) is 0 Å². The van der Waals surface area contributed by atoms with Gasteiger partial charge in [0.25, 0.3) is 0 Å². The quantitative estimate of drug-likeness (QED) is 0.608. The summed E-state index contributed by atoms with van der Waals surface area (Å²) in [6.45, 7) is 1.02. The summed E-state index contributed by atoms with van der Waals surface area (Å²) in [4.78, 5) is 10.6. The molecule has 1 aliphatic rings. The molecular weight excluding hydrogens is 156 g/mol. The predicted octanol–water partition coefficient (Wildman–Crippen LogP) is -0.371. The zero-order chi connectivity index (χ0) is 8.97. The summed E-state index contributed by atoms with van der Waals surface area (Å²) in [6, 6.07) is 0.308. The average Bonchev–Trinajstić information content (AvgIpc) is 2.51. The summed E-state index contributed by atoms with van der Waals surface area (Å²) in [5.74, 6) is -0.296. The van der Waals surface area contributed by atoms with Gasteiger partial charge in [0.15, 0.2) is 0 Å². The average molecular weight is 172 g/mol. The molecule has 70 valence electrons. The molecule has 1 rings (SSSR count). The van der Waals surface area contributed by atoms with Gasteiger partial charge in [-0.2, -0.15) is 0 Å². The predicted molar refractivity (Wildman–Crippen MR) is 45.6 cm³/mol. The molecule has 0 aliphatic carbocycles. The van der Waals surface area contributed by atoms with Crippen LogP contribution >= 0.6 is 0 Å². The van der Waals surface area contributed by atoms with Gasteiger partial charge in [-0.15, -0.1) is 0 Å². The first-order valence-electron chi connectivity index (χ1n) is 4.28. The van der Waals surface area contributed by atoms with E-state index in [0.29, 0.717) is 12.5 Å². The van der Waals surface area contributed by atoms with E-state index < -0.39 is 0 Å². The van der Waals surface area contributed by atoms with Crippen LogP contribution in [0.15, 0.2) is 0 Å². The van der Waals surface area contributed by atoms with Crippen LogP contribution in [0.2, 0.25) is 0 Å². The molecule has 1 heterocycles. The number of primary amides is 1. The van der Waals surface area contributed by atoms with Gasteiger partial charge < -0.3 is 15.8 Å². The summed E-state index contributed by atoms with van der Waals surface area (Å²) in [6.07, 6.45) is 2.49. The Morgan fingerprint density at radius 3 is 3.00 bits per heavy atom. The Hall–Kier alpha value is -0.610. The molecule has 2 unspecified atom stereocenters. The Balaban J connectivity index is 2.37. The van der Waals surface area contributed by atoms with Crippen LogP contribution in [0.25, 0.3) is 0 Å². The second-order valence-corrected chi connectivity index (χ2v) is 3.15. The van der Waals surface area contributed by atoms with Crippen LogP contribution in [-0.4, -0.2) is 31.7 Å². The fourth-order valence-electron chi connectivity index (χ4n) is 1.62. The number of hydrogen-bond donors (Lipinski definition) is 2. The van der Waals surface area contributed by atoms with Crippen molar-refractivity contribution in [3.8, 4) is 0 Å². The van der Waals surface area contributed by atoms with Crippen molar-refractivity contribution in [1.82, 2.24) is 5.32 Å². The highest BCUT2D eigenvalue weighted by atomic mass is 16.5. The maximum Gasteiger partial charge on any atom is 0.220 e. The van der Waals surface area contributed by atoms with Crippen molar-refractivity contribution < 1.29 is 9.53 Å². The Morgan fingerprint density at radius 1 is 1.83 bits per heavy atom. The van der Waals surface area contributed by atoms with E-state index in [-0.39, 0.29) is 12.0 Å². The number of ether oxygens (including phenoxy) is 1. The van der Waals surface area contributed by atoms with E-state index in [1.54, 1.807) is 7.11 Å². The van der Waals surface area contributed by atoms with Crippen molar-refractivity contribution in [2.45, 2.75) is 31.4 Å². The molecule has 1 fully saturated rings. The van der Waals surface area contributed by atoms with Crippen LogP contribution < -0.4 is 11.1 Å². The molecule has 0 spiro atoms. The zero-order valence-electron chi connectivity index (χ0n) is 7.38. The molecule has 1 aliphatic heterocycles. The van der Waals surface area contributed by atoms with Crippen LogP contribution in [0.5, 0.6) is 0 Å². The standard InChI is InChI=1S/C8H16N2O2/c1-12-7(5-8(9)11)6-3-2-4-10-6/h6-7,10H,2-5H2,1H3,(H2,9,11). The first kappa shape index (κ1) is 9.48. The molecule has 0 aromatic carbocycles. The maximum absolute atomic E-state index is 10.6. The maximum atomic E-state index is 10.6. The Bertz CT molecular complexity index is 155. The normalized spacial score (nSPS) is 25.6. The lowest BCUT2D eigenvalue weighted by molar-refractivity contribution is -0.120. The molecule has 0 radical (unpaired) electrons. The molecular formula is C8H16N2O2. The SMILES string of the molecule is COC(CC(N)=O)C1CCCN1. The number of amides is 1. The minimum Gasteiger partial charge on any atom is -0.379 e. The molecule has 4 nitrogen and oxygen atoms in total. The molecule has 0 aromatic heterocycles. The minimum absolute atomic E-state index is 0.0509. The molecule has 0 saturated carbocycles. The number of nitrogens with two attached hydrogens (primary N) is 1. The highest BCUT2D eigenvalue weighted by molar-refractivity contribution is 5.74. The molecule has 0 aromatic rings. The lowest BCUT2D eigenvalue weighted by Gasteiger charge is -2.20. The van der Waals surface area contributed by atoms with Crippen LogP contribution in [0.1, 0.15) is 19.3 Å². The number of rotatable bonds is 4. The van der Waals surface area contributed by atoms with Crippen LogP contribution in [0, 0.1) is 0 Å². The number of methoxy groups -OCH3 is 1. The fraction of sp³-hybridized carbons (Fsp3) is 0.875. The van der Waals surface area contributed by atoms with E-state index in [4.69, 9.17) is 10.5 Å². The summed E-state index contributed by atoms with van der Waals surface area (Å²) in [7, 11) is 1.62. The first-order valence-corrected chi connectivity index (χ1v) is 4.28. The minimum atomic E-state index is -0.296. The van der Waals surface area contributed by atoms with E-state index in [1.165, 1.54) is 0 Å². The Kier molecular flexibility index (Phi) is 3.49. The van der Waals surface area contributed by atoms with Crippen molar-refractivity contribution in [3.63, 3.8) is 0 Å². The molecule has 3 N–H and O–H groups in total. The van der Waals surface area contributed by atoms with E-state index in [0.717, 1.165) is 19.4 Å². The smallest absolute Gasteiger partial charge is 0.220 e. The van der Waals surface area contributed by atoms with Gasteiger partial charge in [0.05, 0.1) is 12.5 Å². The van der Waals surface area contributed by atoms with Crippen LogP contribution in [0.4, 0.5) is 0 Å². The molecule has 1 amide bonds. The molecule has 0 bridgehead atoms. The number of carbonyl (C=O) groups is 1. The lowest BCUT2D eigenvalue weighted by atomic mass is 10.1. The third kappa shape index (κ3) is 2.46. The number of hydrogen-bond acceptors (Lipinski definition) is 3. The second kappa shape index (κ2) is 4.42. The fourth-order valence-corrected chi connectivity index (χ4v) is 1.62. The van der Waals surface area contributed by atoms with Gasteiger partial charge in [0, 0.05) is 13.2 Å². The van der Waals surface area contributed by atoms with E-state index in [2.05, 4.69) is 5.32 Å². The van der Waals surface area contributed by atoms with E-state index in [9.17, 15) is 4.79 Å². The highest BCUT2D eigenvalue weighted by Gasteiger charge is 2.25. The molecule has 1 saturated heterocycles. The van der Waals surface area contributed by atoms with Gasteiger partial charge in [-0.05, 0) is 19.4 Å². The monoisotopic (exact) mass is 172 g/mol. The van der Waals surface area contributed by atoms with Gasteiger partial charge in [-0.25, -0.2) is 0 Å². The summed E-state index contributed by atoms with van der Waals surface area (Å²) < 4.78 is 5.18. The van der Waals surface area contributed by atoms with E-state index >= 15 is 0 Å². The van der Waals surface area contributed by atoms with Crippen molar-refractivity contribution in [2.75, 3.05) is 13.7 Å². The molecule has 2 atom stereocenters. The summed E-state index contributed by atoms with van der Waals surface area (Å²) >= 11 is 0. The Labute approximate surface area is 72.5 Å². The summed E-state index contributed by atoms with van der Waals surface area (Å²) in [5, 5.41) is 3.28. The first-order chi connectivity index (χ1) is 5.74. The zero-order valence-corrected chi connectivity index (χ0v) is 7.38. The van der Waals surface area contributed by atoms with Crippen LogP contribution in [-0.2, 0) is 9.53 Å². The van der Waals surface area contributed by atoms with Gasteiger partial charge in [-0.1, -0.05) is 0 Å².